The Kier molecular flexibility index (Phi) is 4.11. The van der Waals surface area contributed by atoms with Crippen LogP contribution in [0.2, 0.25) is 0 Å². The molecule has 0 aromatic heterocycles. The molecule has 0 amide bonds. The van der Waals surface area contributed by atoms with Crippen molar-refractivity contribution in [3.05, 3.63) is 0 Å². The third-order valence-corrected chi connectivity index (χ3v) is 0.653. The van der Waals surface area contributed by atoms with Gasteiger partial charge in [0.25, 0.3) is 0 Å². The maximum atomic E-state index is 10.5. The van der Waals surface area contributed by atoms with Crippen molar-refractivity contribution in [3.63, 3.8) is 0 Å². The molecule has 0 atom stereocenters. The van der Waals surface area contributed by atoms with Crippen molar-refractivity contribution in [2.75, 3.05) is 0 Å². The molecule has 10 heavy (non-hydrogen) atoms. The molecule has 0 N–H and O–H groups in total. The highest BCUT2D eigenvalue weighted by molar-refractivity contribution is 5.94. The Hall–Kier alpha value is -1.19. The molecule has 0 saturated carbocycles. The van der Waals surface area contributed by atoms with E-state index in [1.807, 2.05) is 0 Å². The van der Waals surface area contributed by atoms with Crippen molar-refractivity contribution in [1.29, 1.82) is 0 Å². The minimum atomic E-state index is -0.620. The van der Waals surface area contributed by atoms with Gasteiger partial charge in [-0.2, -0.15) is 0 Å². The molecule has 0 aliphatic heterocycles. The van der Waals surface area contributed by atoms with Gasteiger partial charge in [-0.05, 0) is 13.8 Å². The van der Waals surface area contributed by atoms with Crippen LogP contribution in [-0.4, -0.2) is 18.0 Å². The van der Waals surface area contributed by atoms with Gasteiger partial charge in [0.2, 0.25) is 0 Å². The lowest BCUT2D eigenvalue weighted by Crippen LogP contribution is -2.05. The quantitative estimate of drug-likeness (QED) is 0.250. The summed E-state index contributed by atoms with van der Waals surface area (Å²) in [5, 5.41) is 3.20. The molecule has 0 rings (SSSR count). The fraction of sp³-hybridized carbons (Fsp3) is 0.500. The Morgan fingerprint density at radius 1 is 1.60 bits per heavy atom. The summed E-state index contributed by atoms with van der Waals surface area (Å²) < 4.78 is 0. The minimum Gasteiger partial charge on any atom is -0.318 e. The van der Waals surface area contributed by atoms with Gasteiger partial charge in [0.05, 0.1) is 0 Å². The number of ketones is 1. The van der Waals surface area contributed by atoms with Crippen molar-refractivity contribution in [2.45, 2.75) is 20.3 Å². The summed E-state index contributed by atoms with van der Waals surface area (Å²) in [7, 11) is 0. The Balaban J connectivity index is 3.54. The van der Waals surface area contributed by atoms with Crippen molar-refractivity contribution < 1.29 is 14.4 Å². The largest absolute Gasteiger partial charge is 0.342 e. The van der Waals surface area contributed by atoms with Gasteiger partial charge < -0.3 is 4.84 Å². The molecular formula is C6H9NO3. The molecule has 0 fully saturated rings. The van der Waals surface area contributed by atoms with Crippen LogP contribution in [0.5, 0.6) is 0 Å². The highest BCUT2D eigenvalue weighted by atomic mass is 16.7. The normalized spacial score (nSPS) is 9.80. The summed E-state index contributed by atoms with van der Waals surface area (Å²) in [6.07, 6.45) is 1.12. The van der Waals surface area contributed by atoms with Gasteiger partial charge in [-0.3, -0.25) is 4.79 Å². The lowest BCUT2D eigenvalue weighted by atomic mass is 10.3. The number of rotatable bonds is 3. The molecule has 0 bridgehead atoms. The van der Waals surface area contributed by atoms with Crippen molar-refractivity contribution in [2.24, 2.45) is 5.16 Å². The average molecular weight is 143 g/mol. The molecule has 0 aliphatic rings. The fourth-order valence-electron chi connectivity index (χ4n) is 0.347. The number of hydrogen-bond donors (Lipinski definition) is 0. The Bertz CT molecular complexity index is 162. The van der Waals surface area contributed by atoms with Crippen molar-refractivity contribution in [3.8, 4) is 0 Å². The average Bonchev–Trinajstić information content (AvgIpc) is 1.82. The highest BCUT2D eigenvalue weighted by Gasteiger charge is 2.04. The third-order valence-electron chi connectivity index (χ3n) is 0.653. The molecule has 0 aromatic carbocycles. The van der Waals surface area contributed by atoms with Crippen LogP contribution in [0, 0.1) is 0 Å². The number of carbonyl (C=O) groups excluding carboxylic acids is 2. The van der Waals surface area contributed by atoms with Gasteiger partial charge in [0.15, 0.2) is 0 Å². The summed E-state index contributed by atoms with van der Waals surface area (Å²) in [5.41, 5.74) is 0. The number of Topliss-reactive ketones (excluding diaryl/α,β-unsaturated/α-hetero) is 1. The number of hydrogen-bond acceptors (Lipinski definition) is 4. The van der Waals surface area contributed by atoms with Crippen LogP contribution in [0.15, 0.2) is 5.16 Å². The lowest BCUT2D eigenvalue weighted by Gasteiger charge is -1.91. The predicted molar refractivity (Wildman–Crippen MR) is 35.6 cm³/mol. The van der Waals surface area contributed by atoms with Gasteiger partial charge in [-0.1, -0.05) is 5.16 Å². The topological polar surface area (TPSA) is 55.7 Å². The van der Waals surface area contributed by atoms with Crippen molar-refractivity contribution >= 4 is 18.0 Å². The Morgan fingerprint density at radius 3 is 2.60 bits per heavy atom. The van der Waals surface area contributed by atoms with E-state index in [2.05, 4.69) is 9.99 Å². The first-order valence-corrected chi connectivity index (χ1v) is 2.84. The Morgan fingerprint density at radius 2 is 2.20 bits per heavy atom. The molecule has 0 saturated heterocycles. The number of nitrogens with zero attached hydrogens (tertiary/aromatic N) is 1. The second-order valence-corrected chi connectivity index (χ2v) is 1.71. The van der Waals surface area contributed by atoms with E-state index in [1.165, 1.54) is 13.1 Å². The molecule has 0 radical (unpaired) electrons. The maximum absolute atomic E-state index is 10.5. The highest BCUT2D eigenvalue weighted by Crippen LogP contribution is 1.87. The first-order valence-electron chi connectivity index (χ1n) is 2.84. The van der Waals surface area contributed by atoms with Gasteiger partial charge in [0.1, 0.15) is 12.2 Å². The summed E-state index contributed by atoms with van der Waals surface area (Å²) in [5.74, 6) is -0.845. The molecule has 0 spiro atoms. The van der Waals surface area contributed by atoms with E-state index in [0.29, 0.717) is 0 Å². The van der Waals surface area contributed by atoms with Crippen LogP contribution in [0.3, 0.4) is 0 Å². The summed E-state index contributed by atoms with van der Waals surface area (Å²) >= 11 is 0. The lowest BCUT2D eigenvalue weighted by molar-refractivity contribution is -0.145. The minimum absolute atomic E-state index is 0.211. The van der Waals surface area contributed by atoms with Crippen LogP contribution in [0.25, 0.3) is 0 Å². The van der Waals surface area contributed by atoms with Crippen LogP contribution in [0.1, 0.15) is 20.3 Å². The molecule has 0 aliphatic carbocycles. The van der Waals surface area contributed by atoms with Crippen LogP contribution in [0.4, 0.5) is 0 Å². The summed E-state index contributed by atoms with van der Waals surface area (Å²) in [6, 6.07) is 0. The van der Waals surface area contributed by atoms with Crippen LogP contribution < -0.4 is 0 Å². The van der Waals surface area contributed by atoms with Crippen molar-refractivity contribution in [1.82, 2.24) is 0 Å². The zero-order valence-electron chi connectivity index (χ0n) is 5.96. The maximum Gasteiger partial charge on any atom is 0.342 e. The molecule has 4 heteroatoms. The van der Waals surface area contributed by atoms with Gasteiger partial charge in [-0.25, -0.2) is 4.79 Å². The van der Waals surface area contributed by atoms with Gasteiger partial charge in [0, 0.05) is 6.21 Å². The van der Waals surface area contributed by atoms with E-state index in [0.717, 1.165) is 0 Å². The predicted octanol–water partition coefficient (Wildman–Crippen LogP) is 0.514. The SMILES string of the molecule is CC=NOC(=O)CC(C)=O. The van der Waals surface area contributed by atoms with E-state index in [4.69, 9.17) is 0 Å². The first-order chi connectivity index (χ1) is 4.66. The molecule has 4 nitrogen and oxygen atoms in total. The zero-order chi connectivity index (χ0) is 7.98. The molecule has 56 valence electrons. The van der Waals surface area contributed by atoms with E-state index in [9.17, 15) is 9.59 Å². The van der Waals surface area contributed by atoms with E-state index in [1.54, 1.807) is 6.92 Å². The Labute approximate surface area is 58.8 Å². The van der Waals surface area contributed by atoms with Crippen LogP contribution in [-0.2, 0) is 14.4 Å². The molecule has 0 heterocycles. The standard InChI is InChI=1S/C6H9NO3/c1-3-7-10-6(9)4-5(2)8/h3H,4H2,1-2H3. The molecule has 0 unspecified atom stereocenters. The summed E-state index contributed by atoms with van der Waals surface area (Å²) in [4.78, 5) is 24.9. The van der Waals surface area contributed by atoms with E-state index < -0.39 is 5.97 Å². The van der Waals surface area contributed by atoms with E-state index >= 15 is 0 Å². The monoisotopic (exact) mass is 143 g/mol. The van der Waals surface area contributed by atoms with E-state index in [-0.39, 0.29) is 12.2 Å². The zero-order valence-corrected chi connectivity index (χ0v) is 5.96. The van der Waals surface area contributed by atoms with Gasteiger partial charge in [-0.15, -0.1) is 0 Å². The third kappa shape index (κ3) is 4.96. The molecular weight excluding hydrogens is 134 g/mol. The fourth-order valence-corrected chi connectivity index (χ4v) is 0.347. The smallest absolute Gasteiger partial charge is 0.318 e. The number of carbonyl (C=O) groups is 2. The van der Waals surface area contributed by atoms with Crippen LogP contribution >= 0.6 is 0 Å². The second kappa shape index (κ2) is 4.67. The van der Waals surface area contributed by atoms with Gasteiger partial charge >= 0.3 is 5.97 Å². The second-order valence-electron chi connectivity index (χ2n) is 1.71. The first kappa shape index (κ1) is 8.81. The number of oxime groups is 1. The summed E-state index contributed by atoms with van der Waals surface area (Å²) in [6.45, 7) is 2.93. The molecule has 0 aromatic rings.